The van der Waals surface area contributed by atoms with Gasteiger partial charge in [0.1, 0.15) is 5.69 Å². The van der Waals surface area contributed by atoms with Gasteiger partial charge in [0, 0.05) is 16.9 Å². The van der Waals surface area contributed by atoms with Crippen molar-refractivity contribution < 1.29 is 19.1 Å². The SMILES string of the molecule is CC(C)NC(=O)NC(=O)C(C)OC(=O)c1[nH]c2ccccc2c1Br. The Morgan fingerprint density at radius 2 is 1.83 bits per heavy atom. The average Bonchev–Trinajstić information content (AvgIpc) is 2.84. The number of amides is 3. The van der Waals surface area contributed by atoms with E-state index in [1.807, 2.05) is 24.3 Å². The second kappa shape index (κ2) is 7.48. The maximum absolute atomic E-state index is 12.2. The smallest absolute Gasteiger partial charge is 0.356 e. The molecule has 0 saturated carbocycles. The summed E-state index contributed by atoms with van der Waals surface area (Å²) in [4.78, 5) is 38.6. The van der Waals surface area contributed by atoms with Crippen molar-refractivity contribution in [3.05, 3.63) is 34.4 Å². The van der Waals surface area contributed by atoms with Gasteiger partial charge < -0.3 is 15.0 Å². The Hall–Kier alpha value is -2.35. The van der Waals surface area contributed by atoms with Gasteiger partial charge in [-0.15, -0.1) is 0 Å². The van der Waals surface area contributed by atoms with Gasteiger partial charge in [0.05, 0.1) is 4.47 Å². The molecule has 0 aliphatic carbocycles. The number of carbonyl (C=O) groups excluding carboxylic acids is 3. The number of aromatic nitrogens is 1. The predicted molar refractivity (Wildman–Crippen MR) is 92.7 cm³/mol. The van der Waals surface area contributed by atoms with Crippen molar-refractivity contribution in [2.24, 2.45) is 0 Å². The summed E-state index contributed by atoms with van der Waals surface area (Å²) in [5.74, 6) is -1.39. The van der Waals surface area contributed by atoms with Crippen LogP contribution in [0, 0.1) is 0 Å². The zero-order valence-corrected chi connectivity index (χ0v) is 15.1. The molecule has 1 heterocycles. The molecule has 3 N–H and O–H groups in total. The lowest BCUT2D eigenvalue weighted by molar-refractivity contribution is -0.127. The maximum Gasteiger partial charge on any atom is 0.356 e. The monoisotopic (exact) mass is 395 g/mol. The summed E-state index contributed by atoms with van der Waals surface area (Å²) < 4.78 is 5.69. The molecule has 24 heavy (non-hydrogen) atoms. The number of esters is 1. The summed E-state index contributed by atoms with van der Waals surface area (Å²) in [6, 6.07) is 6.61. The van der Waals surface area contributed by atoms with E-state index < -0.39 is 24.0 Å². The lowest BCUT2D eigenvalue weighted by Gasteiger charge is -2.14. The first-order chi connectivity index (χ1) is 11.3. The number of fused-ring (bicyclic) bond motifs is 1. The third-order valence-corrected chi connectivity index (χ3v) is 3.98. The van der Waals surface area contributed by atoms with Gasteiger partial charge >= 0.3 is 12.0 Å². The fourth-order valence-corrected chi connectivity index (χ4v) is 2.64. The third kappa shape index (κ3) is 4.14. The fourth-order valence-electron chi connectivity index (χ4n) is 2.03. The number of ether oxygens (including phenoxy) is 1. The molecule has 1 atom stereocenters. The van der Waals surface area contributed by atoms with E-state index in [1.165, 1.54) is 6.92 Å². The summed E-state index contributed by atoms with van der Waals surface area (Å²) >= 11 is 3.35. The average molecular weight is 396 g/mol. The van der Waals surface area contributed by atoms with E-state index in [2.05, 4.69) is 31.5 Å². The van der Waals surface area contributed by atoms with Crippen LogP contribution in [-0.4, -0.2) is 35.0 Å². The van der Waals surface area contributed by atoms with Crippen LogP contribution in [0.15, 0.2) is 28.7 Å². The van der Waals surface area contributed by atoms with Crippen LogP contribution in [-0.2, 0) is 9.53 Å². The van der Waals surface area contributed by atoms with Gasteiger partial charge in [0.15, 0.2) is 6.10 Å². The normalized spacial score (nSPS) is 12.0. The topological polar surface area (TPSA) is 100 Å². The van der Waals surface area contributed by atoms with Crippen molar-refractivity contribution >= 4 is 44.7 Å². The lowest BCUT2D eigenvalue weighted by Crippen LogP contribution is -2.46. The molecule has 0 saturated heterocycles. The van der Waals surface area contributed by atoms with Crippen molar-refractivity contribution in [1.82, 2.24) is 15.6 Å². The second-order valence-corrected chi connectivity index (χ2v) is 6.32. The van der Waals surface area contributed by atoms with Crippen LogP contribution in [0.25, 0.3) is 10.9 Å². The molecule has 8 heteroatoms. The molecule has 0 aliphatic rings. The number of benzene rings is 1. The zero-order valence-electron chi connectivity index (χ0n) is 13.5. The van der Waals surface area contributed by atoms with Gasteiger partial charge in [-0.25, -0.2) is 9.59 Å². The zero-order chi connectivity index (χ0) is 17.9. The lowest BCUT2D eigenvalue weighted by atomic mass is 10.2. The fraction of sp³-hybridized carbons (Fsp3) is 0.312. The van der Waals surface area contributed by atoms with E-state index in [0.717, 1.165) is 10.9 Å². The standard InChI is InChI=1S/C16H18BrN3O4/c1-8(2)18-16(23)20-14(21)9(3)24-15(22)13-12(17)10-6-4-5-7-11(10)19-13/h4-9,19H,1-3H3,(H2,18,20,21,23). The van der Waals surface area contributed by atoms with Crippen LogP contribution in [0.2, 0.25) is 0 Å². The summed E-state index contributed by atoms with van der Waals surface area (Å²) in [6.07, 6.45) is -1.12. The summed E-state index contributed by atoms with van der Waals surface area (Å²) in [5, 5.41) is 5.47. The first-order valence-electron chi connectivity index (χ1n) is 7.38. The van der Waals surface area contributed by atoms with E-state index >= 15 is 0 Å². The van der Waals surface area contributed by atoms with E-state index in [-0.39, 0.29) is 11.7 Å². The highest BCUT2D eigenvalue weighted by Gasteiger charge is 2.24. The number of H-pyrrole nitrogens is 1. The molecule has 0 fully saturated rings. The van der Waals surface area contributed by atoms with Crippen LogP contribution in [0.1, 0.15) is 31.3 Å². The Kier molecular flexibility index (Phi) is 5.61. The van der Waals surface area contributed by atoms with Gasteiger partial charge in [0.25, 0.3) is 5.91 Å². The number of urea groups is 1. The molecule has 3 amide bonds. The molecule has 2 aromatic rings. The highest BCUT2D eigenvalue weighted by atomic mass is 79.9. The molecule has 0 aliphatic heterocycles. The molecular weight excluding hydrogens is 378 g/mol. The van der Waals surface area contributed by atoms with Crippen LogP contribution in [0.4, 0.5) is 4.79 Å². The maximum atomic E-state index is 12.2. The predicted octanol–water partition coefficient (Wildman–Crippen LogP) is 2.71. The minimum absolute atomic E-state index is 0.113. The molecule has 1 aromatic heterocycles. The first-order valence-corrected chi connectivity index (χ1v) is 8.17. The number of halogens is 1. The molecule has 1 aromatic carbocycles. The summed E-state index contributed by atoms with van der Waals surface area (Å²) in [5.41, 5.74) is 0.979. The van der Waals surface area contributed by atoms with Gasteiger partial charge in [-0.05, 0) is 42.8 Å². The highest BCUT2D eigenvalue weighted by Crippen LogP contribution is 2.28. The van der Waals surface area contributed by atoms with Gasteiger partial charge in [-0.1, -0.05) is 18.2 Å². The first kappa shape index (κ1) is 18.0. The molecular formula is C16H18BrN3O4. The van der Waals surface area contributed by atoms with Gasteiger partial charge in [-0.3, -0.25) is 10.1 Å². The molecule has 128 valence electrons. The summed E-state index contributed by atoms with van der Waals surface area (Å²) in [7, 11) is 0. The van der Waals surface area contributed by atoms with Crippen molar-refractivity contribution in [3.63, 3.8) is 0 Å². The number of rotatable bonds is 4. The number of aromatic amines is 1. The van der Waals surface area contributed by atoms with Crippen LogP contribution in [0.3, 0.4) is 0 Å². The number of hydrogen-bond acceptors (Lipinski definition) is 4. The van der Waals surface area contributed by atoms with Gasteiger partial charge in [0.2, 0.25) is 0 Å². The van der Waals surface area contributed by atoms with E-state index in [9.17, 15) is 14.4 Å². The Morgan fingerprint density at radius 3 is 2.46 bits per heavy atom. The van der Waals surface area contributed by atoms with Crippen molar-refractivity contribution in [3.8, 4) is 0 Å². The Bertz CT molecular complexity index is 785. The third-order valence-electron chi connectivity index (χ3n) is 3.16. The van der Waals surface area contributed by atoms with Crippen LogP contribution in [0.5, 0.6) is 0 Å². The molecule has 0 spiro atoms. The Labute approximate surface area is 147 Å². The Morgan fingerprint density at radius 1 is 1.17 bits per heavy atom. The van der Waals surface area contributed by atoms with Crippen molar-refractivity contribution in [1.29, 1.82) is 0 Å². The van der Waals surface area contributed by atoms with Crippen molar-refractivity contribution in [2.75, 3.05) is 0 Å². The number of carbonyl (C=O) groups is 3. The van der Waals surface area contributed by atoms with E-state index in [4.69, 9.17) is 4.74 Å². The molecule has 0 bridgehead atoms. The number of para-hydroxylation sites is 1. The van der Waals surface area contributed by atoms with Gasteiger partial charge in [-0.2, -0.15) is 0 Å². The highest BCUT2D eigenvalue weighted by molar-refractivity contribution is 9.10. The largest absolute Gasteiger partial charge is 0.448 e. The minimum atomic E-state index is -1.12. The molecule has 2 rings (SSSR count). The second-order valence-electron chi connectivity index (χ2n) is 5.52. The quantitative estimate of drug-likeness (QED) is 0.692. The number of nitrogens with one attached hydrogen (secondary N) is 3. The molecule has 1 unspecified atom stereocenters. The van der Waals surface area contributed by atoms with E-state index in [0.29, 0.717) is 4.47 Å². The van der Waals surface area contributed by atoms with Crippen LogP contribution >= 0.6 is 15.9 Å². The minimum Gasteiger partial charge on any atom is -0.448 e. The number of hydrogen-bond donors (Lipinski definition) is 3. The summed E-state index contributed by atoms with van der Waals surface area (Å²) in [6.45, 7) is 4.92. The Balaban J connectivity index is 2.04. The number of imide groups is 1. The molecule has 7 nitrogen and oxygen atoms in total. The molecule has 0 radical (unpaired) electrons. The van der Waals surface area contributed by atoms with Crippen molar-refractivity contribution in [2.45, 2.75) is 32.9 Å². The van der Waals surface area contributed by atoms with Crippen LogP contribution < -0.4 is 10.6 Å². The van der Waals surface area contributed by atoms with E-state index in [1.54, 1.807) is 13.8 Å².